The fourth-order valence-corrected chi connectivity index (χ4v) is 1.32. The Morgan fingerprint density at radius 3 is 2.08 bits per heavy atom. The second kappa shape index (κ2) is 2.48. The van der Waals surface area contributed by atoms with Crippen LogP contribution in [0.25, 0.3) is 0 Å². The van der Waals surface area contributed by atoms with Crippen LogP contribution in [0.4, 0.5) is 0 Å². The average molecular weight is 183 g/mol. The number of hydroxylamine groups is 3. The topological polar surface area (TPSA) is 49.2 Å². The summed E-state index contributed by atoms with van der Waals surface area (Å²) in [6.45, 7) is 10.5. The van der Waals surface area contributed by atoms with Gasteiger partial charge in [0.05, 0.1) is 0 Å². The minimum Gasteiger partial charge on any atom is -0.714 e. The molecular formula is C9H15N2O2. The highest BCUT2D eigenvalue weighted by molar-refractivity contribution is 5.89. The first-order valence-corrected chi connectivity index (χ1v) is 4.21. The minimum atomic E-state index is -0.724. The lowest BCUT2D eigenvalue weighted by atomic mass is 9.84. The molecule has 0 aromatic heterocycles. The van der Waals surface area contributed by atoms with Crippen LogP contribution in [0.15, 0.2) is 12.7 Å². The quantitative estimate of drug-likeness (QED) is 0.454. The molecule has 1 aliphatic rings. The molecule has 73 valence electrons. The van der Waals surface area contributed by atoms with Gasteiger partial charge < -0.3 is 5.21 Å². The van der Waals surface area contributed by atoms with Gasteiger partial charge in [0.1, 0.15) is 5.54 Å². The molecule has 0 atom stereocenters. The van der Waals surface area contributed by atoms with E-state index < -0.39 is 11.1 Å². The second-order valence-electron chi connectivity index (χ2n) is 4.27. The van der Waals surface area contributed by atoms with Gasteiger partial charge in [-0.2, -0.15) is 0 Å². The van der Waals surface area contributed by atoms with E-state index in [9.17, 15) is 10.4 Å². The molecule has 0 saturated heterocycles. The van der Waals surface area contributed by atoms with Crippen LogP contribution in [-0.4, -0.2) is 26.7 Å². The van der Waals surface area contributed by atoms with Crippen LogP contribution in [0, 0.1) is 5.21 Å². The predicted molar refractivity (Wildman–Crippen MR) is 49.5 cm³/mol. The molecule has 0 saturated carbocycles. The molecule has 13 heavy (non-hydrogen) atoms. The van der Waals surface area contributed by atoms with Crippen molar-refractivity contribution in [2.24, 2.45) is 0 Å². The van der Waals surface area contributed by atoms with Crippen LogP contribution in [0.5, 0.6) is 0 Å². The molecule has 0 amide bonds. The van der Waals surface area contributed by atoms with Crippen LogP contribution in [0.1, 0.15) is 27.7 Å². The van der Waals surface area contributed by atoms with E-state index in [0.717, 1.165) is 9.80 Å². The van der Waals surface area contributed by atoms with E-state index in [0.29, 0.717) is 0 Å². The second-order valence-corrected chi connectivity index (χ2v) is 4.27. The van der Waals surface area contributed by atoms with Crippen molar-refractivity contribution < 1.29 is 9.95 Å². The van der Waals surface area contributed by atoms with Gasteiger partial charge in [0.15, 0.2) is 5.54 Å². The van der Waals surface area contributed by atoms with Crippen molar-refractivity contribution in [3.05, 3.63) is 17.9 Å². The van der Waals surface area contributed by atoms with E-state index >= 15 is 0 Å². The maximum atomic E-state index is 11.7. The van der Waals surface area contributed by atoms with E-state index in [2.05, 4.69) is 6.58 Å². The molecule has 4 nitrogen and oxygen atoms in total. The molecule has 0 aliphatic carbocycles. The predicted octanol–water partition coefficient (Wildman–Crippen LogP) is 1.30. The number of rotatable bonds is 1. The van der Waals surface area contributed by atoms with Crippen LogP contribution in [0.3, 0.4) is 0 Å². The standard InChI is InChI=1S/C9H15N2O2/c1-6-7-10(12)8(2,3)9(4,5)11(7)13/h6H,1H2,2-5H3. The van der Waals surface area contributed by atoms with Gasteiger partial charge in [-0.25, -0.2) is 0 Å². The molecule has 0 aromatic carbocycles. The molecule has 1 radical (unpaired) electrons. The van der Waals surface area contributed by atoms with Crippen molar-refractivity contribution in [2.45, 2.75) is 38.8 Å². The van der Waals surface area contributed by atoms with Gasteiger partial charge in [-0.05, 0) is 27.7 Å². The first-order valence-electron chi connectivity index (χ1n) is 4.21. The van der Waals surface area contributed by atoms with Crippen LogP contribution < -0.4 is 0 Å². The van der Waals surface area contributed by atoms with Crippen LogP contribution in [0.2, 0.25) is 0 Å². The Bertz CT molecular complexity index is 279. The zero-order valence-corrected chi connectivity index (χ0v) is 8.50. The van der Waals surface area contributed by atoms with Gasteiger partial charge in [0.2, 0.25) is 0 Å². The van der Waals surface area contributed by atoms with Crippen molar-refractivity contribution in [1.29, 1.82) is 0 Å². The molecule has 1 rings (SSSR count). The highest BCUT2D eigenvalue weighted by Gasteiger charge is 2.58. The first kappa shape index (κ1) is 10.1. The summed E-state index contributed by atoms with van der Waals surface area (Å²) in [5.41, 5.74) is -1.45. The summed E-state index contributed by atoms with van der Waals surface area (Å²) in [6.07, 6.45) is 1.30. The zero-order chi connectivity index (χ0) is 10.4. The molecule has 0 spiro atoms. The van der Waals surface area contributed by atoms with Crippen molar-refractivity contribution >= 4 is 5.84 Å². The normalized spacial score (nSPS) is 25.2. The average Bonchev–Trinajstić information content (AvgIpc) is 2.13. The van der Waals surface area contributed by atoms with Gasteiger partial charge in [-0.15, -0.1) is 0 Å². The van der Waals surface area contributed by atoms with Crippen molar-refractivity contribution in [3.63, 3.8) is 0 Å². The Balaban J connectivity index is 3.29. The molecule has 0 unspecified atom stereocenters. The van der Waals surface area contributed by atoms with Crippen LogP contribution >= 0.6 is 0 Å². The van der Waals surface area contributed by atoms with E-state index in [1.54, 1.807) is 27.7 Å². The van der Waals surface area contributed by atoms with E-state index in [-0.39, 0.29) is 5.84 Å². The highest BCUT2D eigenvalue weighted by Crippen LogP contribution is 2.35. The Morgan fingerprint density at radius 2 is 1.92 bits per heavy atom. The van der Waals surface area contributed by atoms with E-state index in [4.69, 9.17) is 0 Å². The lowest BCUT2D eigenvalue weighted by Gasteiger charge is -2.32. The largest absolute Gasteiger partial charge is 0.714 e. The molecule has 0 fully saturated rings. The summed E-state index contributed by atoms with van der Waals surface area (Å²) in [4.78, 5) is 0. The van der Waals surface area contributed by atoms with Gasteiger partial charge in [0, 0.05) is 11.3 Å². The van der Waals surface area contributed by atoms with Crippen LogP contribution in [-0.2, 0) is 5.21 Å². The Labute approximate surface area is 78.3 Å². The molecule has 0 N–H and O–H groups in total. The van der Waals surface area contributed by atoms with Crippen molar-refractivity contribution in [3.8, 4) is 0 Å². The van der Waals surface area contributed by atoms with Gasteiger partial charge in [-0.3, -0.25) is 4.74 Å². The van der Waals surface area contributed by atoms with Gasteiger partial charge in [0.25, 0.3) is 0 Å². The molecule has 4 heteroatoms. The molecule has 1 aliphatic heterocycles. The third-order valence-corrected chi connectivity index (χ3v) is 3.11. The SMILES string of the molecule is C=CC1=[N+]([O-])C(C)(C)C(C)(C)N1[O]. The third-order valence-electron chi connectivity index (χ3n) is 3.11. The summed E-state index contributed by atoms with van der Waals surface area (Å²) in [5.74, 6) is 0.0926. The van der Waals surface area contributed by atoms with Gasteiger partial charge in [-0.1, -0.05) is 11.6 Å². The minimum absolute atomic E-state index is 0.0926. The first-order chi connectivity index (χ1) is 5.76. The zero-order valence-electron chi connectivity index (χ0n) is 8.50. The van der Waals surface area contributed by atoms with E-state index in [1.807, 2.05) is 0 Å². The summed E-state index contributed by atoms with van der Waals surface area (Å²) in [5, 5.41) is 24.0. The number of hydrogen-bond donors (Lipinski definition) is 0. The lowest BCUT2D eigenvalue weighted by Crippen LogP contribution is -2.53. The summed E-state index contributed by atoms with van der Waals surface area (Å²) in [7, 11) is 0. The fourth-order valence-electron chi connectivity index (χ4n) is 1.32. The third kappa shape index (κ3) is 0.983. The summed E-state index contributed by atoms with van der Waals surface area (Å²) < 4.78 is 0.729. The number of amidine groups is 1. The van der Waals surface area contributed by atoms with Crippen molar-refractivity contribution in [2.75, 3.05) is 0 Å². The number of hydrogen-bond acceptors (Lipinski definition) is 2. The molecule has 1 heterocycles. The lowest BCUT2D eigenvalue weighted by molar-refractivity contribution is -0.539. The monoisotopic (exact) mass is 183 g/mol. The van der Waals surface area contributed by atoms with Gasteiger partial charge >= 0.3 is 5.84 Å². The van der Waals surface area contributed by atoms with Crippen molar-refractivity contribution in [1.82, 2.24) is 5.06 Å². The Morgan fingerprint density at radius 1 is 1.46 bits per heavy atom. The fraction of sp³-hybridized carbons (Fsp3) is 0.667. The Hall–Kier alpha value is -1.03. The molecule has 0 bridgehead atoms. The smallest absolute Gasteiger partial charge is 0.308 e. The highest BCUT2D eigenvalue weighted by atomic mass is 16.5. The summed E-state index contributed by atoms with van der Waals surface area (Å²) in [6, 6.07) is 0. The number of nitrogens with zero attached hydrogens (tertiary/aromatic N) is 2. The summed E-state index contributed by atoms with van der Waals surface area (Å²) >= 11 is 0. The maximum absolute atomic E-state index is 11.7. The molecular weight excluding hydrogens is 168 g/mol. The maximum Gasteiger partial charge on any atom is 0.308 e. The molecule has 0 aromatic rings. The van der Waals surface area contributed by atoms with E-state index in [1.165, 1.54) is 6.08 Å². The Kier molecular flexibility index (Phi) is 1.92.